The van der Waals surface area contributed by atoms with E-state index in [0.29, 0.717) is 5.92 Å². The van der Waals surface area contributed by atoms with Crippen molar-refractivity contribution >= 4 is 11.5 Å². The average Bonchev–Trinajstić information content (AvgIpc) is 3.07. The minimum Gasteiger partial charge on any atom is -0.393 e. The minimum atomic E-state index is -0.524. The molecule has 0 bridgehead atoms. The molecule has 2 N–H and O–H groups in total. The molecule has 1 aliphatic carbocycles. The summed E-state index contributed by atoms with van der Waals surface area (Å²) in [7, 11) is 0. The smallest absolute Gasteiger partial charge is 0.287 e. The second-order valence-electron chi connectivity index (χ2n) is 5.71. The molecule has 0 aromatic carbocycles. The molecule has 0 radical (unpaired) electrons. The Morgan fingerprint density at radius 1 is 1.50 bits per heavy atom. The summed E-state index contributed by atoms with van der Waals surface area (Å²) in [5, 5.41) is 20.4. The Labute approximate surface area is 115 Å². The number of carbonyl (C=O) groups is 1. The Bertz CT molecular complexity index is 541. The van der Waals surface area contributed by atoms with E-state index in [-0.39, 0.29) is 35.7 Å². The van der Waals surface area contributed by atoms with Crippen molar-refractivity contribution in [3.8, 4) is 0 Å². The number of aliphatic hydroxyl groups is 1. The molecule has 1 saturated heterocycles. The molecule has 3 atom stereocenters. The third-order valence-electron chi connectivity index (χ3n) is 4.44. The maximum Gasteiger partial charge on any atom is 0.287 e. The van der Waals surface area contributed by atoms with Crippen molar-refractivity contribution in [2.45, 2.75) is 18.9 Å². The zero-order chi connectivity index (χ0) is 14.3. The van der Waals surface area contributed by atoms with Crippen molar-refractivity contribution < 1.29 is 14.8 Å². The lowest BCUT2D eigenvalue weighted by atomic mass is 10.00. The number of fused-ring (bicyclic) bond motifs is 1. The van der Waals surface area contributed by atoms with Crippen LogP contribution < -0.4 is 0 Å². The summed E-state index contributed by atoms with van der Waals surface area (Å²) in [6.07, 6.45) is 2.87. The van der Waals surface area contributed by atoms with Gasteiger partial charge in [-0.15, -0.1) is 0 Å². The summed E-state index contributed by atoms with van der Waals surface area (Å²) in [5.41, 5.74) is 0.177. The fourth-order valence-corrected chi connectivity index (χ4v) is 3.40. The van der Waals surface area contributed by atoms with Crippen molar-refractivity contribution in [3.63, 3.8) is 0 Å². The second-order valence-corrected chi connectivity index (χ2v) is 5.71. The van der Waals surface area contributed by atoms with Gasteiger partial charge >= 0.3 is 0 Å². The Kier molecular flexibility index (Phi) is 3.31. The Morgan fingerprint density at radius 3 is 2.95 bits per heavy atom. The molecule has 108 valence electrons. The molecule has 2 aliphatic rings. The van der Waals surface area contributed by atoms with Gasteiger partial charge in [-0.2, -0.15) is 0 Å². The van der Waals surface area contributed by atoms with Crippen LogP contribution in [0.15, 0.2) is 12.3 Å². The fourth-order valence-electron chi connectivity index (χ4n) is 3.40. The van der Waals surface area contributed by atoms with Gasteiger partial charge in [0.2, 0.25) is 0 Å². The third kappa shape index (κ3) is 2.34. The number of hydrogen-bond donors (Lipinski definition) is 2. The van der Waals surface area contributed by atoms with Crippen LogP contribution in [0.1, 0.15) is 23.3 Å². The lowest BCUT2D eigenvalue weighted by molar-refractivity contribution is -0.384. The number of aliphatic hydroxyl groups excluding tert-OH is 1. The molecule has 3 rings (SSSR count). The number of nitrogens with zero attached hydrogens (tertiary/aromatic N) is 2. The zero-order valence-corrected chi connectivity index (χ0v) is 11.0. The van der Waals surface area contributed by atoms with Crippen LogP contribution in [0.5, 0.6) is 0 Å². The molecular formula is C13H17N3O4. The molecule has 1 aliphatic heterocycles. The van der Waals surface area contributed by atoms with E-state index in [0.717, 1.165) is 25.9 Å². The van der Waals surface area contributed by atoms with Crippen LogP contribution >= 0.6 is 0 Å². The van der Waals surface area contributed by atoms with Gasteiger partial charge in [-0.1, -0.05) is 0 Å². The number of likely N-dealkylation sites (tertiary alicyclic amines) is 1. The first-order valence-corrected chi connectivity index (χ1v) is 6.81. The molecule has 1 aromatic heterocycles. The van der Waals surface area contributed by atoms with E-state index in [1.165, 1.54) is 12.3 Å². The van der Waals surface area contributed by atoms with Gasteiger partial charge in [-0.05, 0) is 18.8 Å². The van der Waals surface area contributed by atoms with Crippen LogP contribution in [0, 0.1) is 22.0 Å². The van der Waals surface area contributed by atoms with Gasteiger partial charge in [-0.25, -0.2) is 0 Å². The number of ketones is 1. The van der Waals surface area contributed by atoms with Crippen molar-refractivity contribution in [2.24, 2.45) is 11.8 Å². The SMILES string of the molecule is O=C(CN1CC2CCC(O)C2C1)c1cc([N+](=O)[O-])c[nH]1. The van der Waals surface area contributed by atoms with Gasteiger partial charge in [0.05, 0.1) is 29.5 Å². The van der Waals surface area contributed by atoms with Crippen molar-refractivity contribution in [3.05, 3.63) is 28.1 Å². The van der Waals surface area contributed by atoms with E-state index in [4.69, 9.17) is 0 Å². The quantitative estimate of drug-likeness (QED) is 0.482. The topological polar surface area (TPSA) is 99.5 Å². The van der Waals surface area contributed by atoms with Gasteiger partial charge in [0, 0.05) is 25.1 Å². The largest absolute Gasteiger partial charge is 0.393 e. The summed E-state index contributed by atoms with van der Waals surface area (Å²) in [6, 6.07) is 1.27. The normalized spacial score (nSPS) is 29.6. The predicted molar refractivity (Wildman–Crippen MR) is 70.4 cm³/mol. The lowest BCUT2D eigenvalue weighted by Gasteiger charge is -2.16. The van der Waals surface area contributed by atoms with Crippen molar-refractivity contribution in [1.29, 1.82) is 0 Å². The highest BCUT2D eigenvalue weighted by Gasteiger charge is 2.42. The molecule has 2 heterocycles. The summed E-state index contributed by atoms with van der Waals surface area (Å²) >= 11 is 0. The standard InChI is InChI=1S/C13H17N3O4/c17-12-2-1-8-5-15(6-10(8)12)7-13(18)11-3-9(4-14-11)16(19)20/h3-4,8,10,12,14,17H,1-2,5-7H2. The first-order valence-electron chi connectivity index (χ1n) is 6.81. The Balaban J connectivity index is 1.61. The average molecular weight is 279 g/mol. The molecule has 2 fully saturated rings. The van der Waals surface area contributed by atoms with E-state index >= 15 is 0 Å². The second kappa shape index (κ2) is 4.99. The van der Waals surface area contributed by atoms with E-state index < -0.39 is 4.92 Å². The summed E-state index contributed by atoms with van der Waals surface area (Å²) in [5.74, 6) is 0.615. The van der Waals surface area contributed by atoms with Crippen molar-refractivity contribution in [2.75, 3.05) is 19.6 Å². The molecule has 0 amide bonds. The van der Waals surface area contributed by atoms with Crippen LogP contribution in [-0.4, -0.2) is 51.4 Å². The van der Waals surface area contributed by atoms with Crippen LogP contribution in [-0.2, 0) is 0 Å². The van der Waals surface area contributed by atoms with Gasteiger partial charge in [0.1, 0.15) is 0 Å². The number of rotatable bonds is 4. The molecule has 20 heavy (non-hydrogen) atoms. The summed E-state index contributed by atoms with van der Waals surface area (Å²) in [6.45, 7) is 1.81. The van der Waals surface area contributed by atoms with Gasteiger partial charge in [-0.3, -0.25) is 19.8 Å². The monoisotopic (exact) mass is 279 g/mol. The molecule has 1 aromatic rings. The van der Waals surface area contributed by atoms with Gasteiger partial charge in [0.15, 0.2) is 5.78 Å². The molecule has 1 saturated carbocycles. The van der Waals surface area contributed by atoms with Gasteiger partial charge < -0.3 is 10.1 Å². The zero-order valence-electron chi connectivity index (χ0n) is 11.0. The molecule has 7 nitrogen and oxygen atoms in total. The predicted octanol–water partition coefficient (Wildman–Crippen LogP) is 0.808. The van der Waals surface area contributed by atoms with Crippen LogP contribution in [0.25, 0.3) is 0 Å². The van der Waals surface area contributed by atoms with Crippen LogP contribution in [0.2, 0.25) is 0 Å². The number of hydrogen-bond acceptors (Lipinski definition) is 5. The first kappa shape index (κ1) is 13.3. The third-order valence-corrected chi connectivity index (χ3v) is 4.44. The number of aromatic nitrogens is 1. The summed E-state index contributed by atoms with van der Waals surface area (Å²) < 4.78 is 0. The maximum absolute atomic E-state index is 12.1. The van der Waals surface area contributed by atoms with E-state index in [9.17, 15) is 20.0 Å². The van der Waals surface area contributed by atoms with Crippen LogP contribution in [0.4, 0.5) is 5.69 Å². The molecule has 0 spiro atoms. The maximum atomic E-state index is 12.1. The molecular weight excluding hydrogens is 262 g/mol. The lowest BCUT2D eigenvalue weighted by Crippen LogP contribution is -2.30. The molecule has 3 unspecified atom stereocenters. The van der Waals surface area contributed by atoms with E-state index in [1.54, 1.807) is 0 Å². The highest BCUT2D eigenvalue weighted by Crippen LogP contribution is 2.37. The molecule has 7 heteroatoms. The fraction of sp³-hybridized carbons (Fsp3) is 0.615. The van der Waals surface area contributed by atoms with E-state index in [2.05, 4.69) is 4.98 Å². The number of nitrogens with one attached hydrogen (secondary N) is 1. The highest BCUT2D eigenvalue weighted by molar-refractivity contribution is 5.96. The van der Waals surface area contributed by atoms with Crippen LogP contribution in [0.3, 0.4) is 0 Å². The highest BCUT2D eigenvalue weighted by atomic mass is 16.6. The number of aromatic amines is 1. The minimum absolute atomic E-state index is 0.0953. The Morgan fingerprint density at radius 2 is 2.30 bits per heavy atom. The number of Topliss-reactive ketones (excluding diaryl/α,β-unsaturated/α-hetero) is 1. The first-order chi connectivity index (χ1) is 9.54. The number of nitro groups is 1. The van der Waals surface area contributed by atoms with Gasteiger partial charge in [0.25, 0.3) is 5.69 Å². The van der Waals surface area contributed by atoms with Crippen molar-refractivity contribution in [1.82, 2.24) is 9.88 Å². The number of H-pyrrole nitrogens is 1. The van der Waals surface area contributed by atoms with E-state index in [1.807, 2.05) is 4.90 Å². The summed E-state index contributed by atoms with van der Waals surface area (Å²) in [4.78, 5) is 26.8. The number of carbonyl (C=O) groups excluding carboxylic acids is 1. The Hall–Kier alpha value is -1.73.